The monoisotopic (exact) mass is 317 g/mol. The minimum Gasteiger partial charge on any atom is -0.345 e. The first kappa shape index (κ1) is 18.2. The molecule has 6 heteroatoms. The van der Waals surface area contributed by atoms with Gasteiger partial charge in [-0.1, -0.05) is 6.42 Å². The van der Waals surface area contributed by atoms with Crippen LogP contribution in [-0.2, 0) is 9.59 Å². The average molecular weight is 318 g/mol. The maximum Gasteiger partial charge on any atom is 0.244 e. The van der Waals surface area contributed by atoms with Gasteiger partial charge < -0.3 is 16.0 Å². The molecule has 0 bridgehead atoms. The molecule has 1 aliphatic carbocycles. The quantitative estimate of drug-likeness (QED) is 0.824. The van der Waals surface area contributed by atoms with Gasteiger partial charge in [0.25, 0.3) is 0 Å². The van der Waals surface area contributed by atoms with Gasteiger partial charge in [0, 0.05) is 25.6 Å². The highest BCUT2D eigenvalue weighted by Crippen LogP contribution is 2.26. The molecule has 2 amide bonds. The third kappa shape index (κ3) is 5.15. The molecule has 3 atom stereocenters. The first-order valence-corrected chi connectivity index (χ1v) is 7.91. The third-order valence-electron chi connectivity index (χ3n) is 4.58. The van der Waals surface area contributed by atoms with E-state index in [0.717, 1.165) is 45.2 Å². The van der Waals surface area contributed by atoms with E-state index in [9.17, 15) is 9.59 Å². The Morgan fingerprint density at radius 1 is 1.19 bits per heavy atom. The van der Waals surface area contributed by atoms with Gasteiger partial charge in [0.15, 0.2) is 0 Å². The number of halogens is 1. The molecular formula is C15H28ClN3O2. The van der Waals surface area contributed by atoms with Crippen LogP contribution < -0.4 is 11.1 Å². The van der Waals surface area contributed by atoms with E-state index in [1.54, 1.807) is 6.92 Å². The Balaban J connectivity index is 0.00000220. The summed E-state index contributed by atoms with van der Waals surface area (Å²) in [6, 6.07) is -0.271. The smallest absolute Gasteiger partial charge is 0.244 e. The number of hydrogen-bond donors (Lipinski definition) is 2. The molecule has 0 spiro atoms. The van der Waals surface area contributed by atoms with Crippen molar-refractivity contribution < 1.29 is 9.59 Å². The predicted octanol–water partition coefficient (Wildman–Crippen LogP) is 1.44. The summed E-state index contributed by atoms with van der Waals surface area (Å²) in [7, 11) is 0. The van der Waals surface area contributed by atoms with E-state index in [4.69, 9.17) is 5.73 Å². The van der Waals surface area contributed by atoms with Crippen LogP contribution in [0.4, 0.5) is 0 Å². The standard InChI is InChI=1S/C15H27N3O2.ClH/c1-11(15(20)18-8-3-2-4-9-18)17-14(19)10-12-6-5-7-13(12)16;/h11-13H,2-10,16H2,1H3,(H,17,19);1H/t11?,12-,13+;/m0./s1. The number of nitrogens with zero attached hydrogens (tertiary/aromatic N) is 1. The van der Waals surface area contributed by atoms with Gasteiger partial charge in [-0.05, 0) is 44.9 Å². The van der Waals surface area contributed by atoms with Gasteiger partial charge in [0.2, 0.25) is 11.8 Å². The average Bonchev–Trinajstić information content (AvgIpc) is 2.84. The summed E-state index contributed by atoms with van der Waals surface area (Å²) < 4.78 is 0. The highest BCUT2D eigenvalue weighted by Gasteiger charge is 2.28. The molecule has 0 radical (unpaired) electrons. The number of piperidine rings is 1. The molecule has 1 aliphatic heterocycles. The van der Waals surface area contributed by atoms with Crippen LogP contribution in [0.1, 0.15) is 51.9 Å². The Labute approximate surface area is 133 Å². The van der Waals surface area contributed by atoms with E-state index >= 15 is 0 Å². The molecule has 2 rings (SSSR count). The number of rotatable bonds is 4. The highest BCUT2D eigenvalue weighted by molar-refractivity contribution is 5.87. The Morgan fingerprint density at radius 2 is 1.86 bits per heavy atom. The third-order valence-corrected chi connectivity index (χ3v) is 4.58. The second-order valence-electron chi connectivity index (χ2n) is 6.23. The van der Waals surface area contributed by atoms with Crippen molar-refractivity contribution in [2.24, 2.45) is 11.7 Å². The number of nitrogens with two attached hydrogens (primary N) is 1. The molecule has 3 N–H and O–H groups in total. The Bertz CT molecular complexity index is 359. The van der Waals surface area contributed by atoms with Crippen LogP contribution >= 0.6 is 12.4 Å². The van der Waals surface area contributed by atoms with E-state index in [2.05, 4.69) is 5.32 Å². The highest BCUT2D eigenvalue weighted by atomic mass is 35.5. The van der Waals surface area contributed by atoms with Crippen LogP contribution in [0.15, 0.2) is 0 Å². The van der Waals surface area contributed by atoms with Gasteiger partial charge in [-0.2, -0.15) is 0 Å². The maximum absolute atomic E-state index is 12.2. The Hall–Kier alpha value is -0.810. The van der Waals surface area contributed by atoms with Crippen molar-refractivity contribution >= 4 is 24.2 Å². The number of amides is 2. The molecule has 1 unspecified atom stereocenters. The minimum absolute atomic E-state index is 0. The molecule has 122 valence electrons. The molecule has 5 nitrogen and oxygen atoms in total. The lowest BCUT2D eigenvalue weighted by atomic mass is 9.99. The van der Waals surface area contributed by atoms with Gasteiger partial charge in [0.1, 0.15) is 6.04 Å². The Kier molecular flexibility index (Phi) is 7.46. The molecule has 1 saturated heterocycles. The molecule has 1 heterocycles. The SMILES string of the molecule is CC(NC(=O)C[C@@H]1CCC[C@H]1N)C(=O)N1CCCCC1.Cl. The second-order valence-corrected chi connectivity index (χ2v) is 6.23. The first-order chi connectivity index (χ1) is 9.58. The summed E-state index contributed by atoms with van der Waals surface area (Å²) in [6.07, 6.45) is 6.96. The Morgan fingerprint density at radius 3 is 2.43 bits per heavy atom. The zero-order valence-electron chi connectivity index (χ0n) is 12.8. The van der Waals surface area contributed by atoms with Crippen molar-refractivity contribution in [3.05, 3.63) is 0 Å². The van der Waals surface area contributed by atoms with Gasteiger partial charge in [0.05, 0.1) is 0 Å². The van der Waals surface area contributed by atoms with Gasteiger partial charge in [-0.15, -0.1) is 12.4 Å². The van der Waals surface area contributed by atoms with Crippen molar-refractivity contribution in [3.8, 4) is 0 Å². The lowest BCUT2D eigenvalue weighted by Gasteiger charge is -2.29. The maximum atomic E-state index is 12.2. The first-order valence-electron chi connectivity index (χ1n) is 7.91. The molecule has 21 heavy (non-hydrogen) atoms. The summed E-state index contributed by atoms with van der Waals surface area (Å²) in [6.45, 7) is 3.43. The fourth-order valence-electron chi connectivity index (χ4n) is 3.31. The zero-order valence-corrected chi connectivity index (χ0v) is 13.7. The number of likely N-dealkylation sites (tertiary alicyclic amines) is 1. The van der Waals surface area contributed by atoms with Crippen LogP contribution in [0.5, 0.6) is 0 Å². The summed E-state index contributed by atoms with van der Waals surface area (Å²) in [5.74, 6) is 0.297. The topological polar surface area (TPSA) is 75.4 Å². The molecule has 2 aliphatic rings. The molecule has 0 aromatic heterocycles. The largest absolute Gasteiger partial charge is 0.345 e. The molecule has 1 saturated carbocycles. The number of nitrogens with one attached hydrogen (secondary N) is 1. The van der Waals surface area contributed by atoms with E-state index in [1.165, 1.54) is 6.42 Å². The van der Waals surface area contributed by atoms with Crippen LogP contribution in [0.25, 0.3) is 0 Å². The lowest BCUT2D eigenvalue weighted by Crippen LogP contribution is -2.49. The van der Waals surface area contributed by atoms with Crippen LogP contribution in [0.2, 0.25) is 0 Å². The zero-order chi connectivity index (χ0) is 14.5. The van der Waals surface area contributed by atoms with Gasteiger partial charge in [-0.3, -0.25) is 9.59 Å². The van der Waals surface area contributed by atoms with Crippen LogP contribution in [0, 0.1) is 5.92 Å². The molecule has 0 aromatic rings. The minimum atomic E-state index is -0.418. The van der Waals surface area contributed by atoms with E-state index < -0.39 is 6.04 Å². The van der Waals surface area contributed by atoms with E-state index in [1.807, 2.05) is 4.90 Å². The fourth-order valence-corrected chi connectivity index (χ4v) is 3.31. The lowest BCUT2D eigenvalue weighted by molar-refractivity contribution is -0.136. The van der Waals surface area contributed by atoms with Crippen molar-refractivity contribution in [3.63, 3.8) is 0 Å². The van der Waals surface area contributed by atoms with Crippen molar-refractivity contribution in [1.82, 2.24) is 10.2 Å². The normalized spacial score (nSPS) is 26.9. The van der Waals surface area contributed by atoms with Crippen LogP contribution in [0.3, 0.4) is 0 Å². The number of carbonyl (C=O) groups is 2. The van der Waals surface area contributed by atoms with E-state index in [-0.39, 0.29) is 36.2 Å². The summed E-state index contributed by atoms with van der Waals surface area (Å²) >= 11 is 0. The van der Waals surface area contributed by atoms with Gasteiger partial charge in [-0.25, -0.2) is 0 Å². The summed E-state index contributed by atoms with van der Waals surface area (Å²) in [5, 5.41) is 2.84. The molecule has 0 aromatic carbocycles. The van der Waals surface area contributed by atoms with Crippen molar-refractivity contribution in [2.45, 2.75) is 64.0 Å². The number of carbonyl (C=O) groups excluding carboxylic acids is 2. The van der Waals surface area contributed by atoms with E-state index in [0.29, 0.717) is 6.42 Å². The summed E-state index contributed by atoms with van der Waals surface area (Å²) in [4.78, 5) is 26.1. The second kappa shape index (κ2) is 8.59. The number of hydrogen-bond acceptors (Lipinski definition) is 3. The van der Waals surface area contributed by atoms with Gasteiger partial charge >= 0.3 is 0 Å². The fraction of sp³-hybridized carbons (Fsp3) is 0.867. The molecule has 2 fully saturated rings. The summed E-state index contributed by atoms with van der Waals surface area (Å²) in [5.41, 5.74) is 5.98. The molecular weight excluding hydrogens is 290 g/mol. The van der Waals surface area contributed by atoms with Crippen LogP contribution in [-0.4, -0.2) is 41.9 Å². The van der Waals surface area contributed by atoms with Crippen molar-refractivity contribution in [1.29, 1.82) is 0 Å². The van der Waals surface area contributed by atoms with Crippen molar-refractivity contribution in [2.75, 3.05) is 13.1 Å². The predicted molar refractivity (Wildman–Crippen MR) is 85.2 cm³/mol.